The minimum Gasteiger partial charge on any atom is -0.329 e. The van der Waals surface area contributed by atoms with E-state index in [1.165, 1.54) is 0 Å². The molecule has 1 atom stereocenters. The number of likely N-dealkylation sites (N-methyl/N-ethyl adjacent to an activating group) is 1. The normalized spacial score (nSPS) is 12.3. The van der Waals surface area contributed by atoms with Gasteiger partial charge < -0.3 is 5.73 Å². The van der Waals surface area contributed by atoms with Crippen LogP contribution in [0.2, 0.25) is 0 Å². The summed E-state index contributed by atoms with van der Waals surface area (Å²) in [5.74, 6) is 0. The van der Waals surface area contributed by atoms with Gasteiger partial charge in [-0.3, -0.25) is 9.58 Å². The average Bonchev–Trinajstić information content (AvgIpc) is 2.86. The van der Waals surface area contributed by atoms with Crippen LogP contribution in [-0.2, 0) is 13.6 Å². The zero-order chi connectivity index (χ0) is 14.5. The molecule has 0 spiro atoms. The summed E-state index contributed by atoms with van der Waals surface area (Å²) < 4.78 is 1.78. The molecule has 0 radical (unpaired) electrons. The van der Waals surface area contributed by atoms with E-state index in [1.807, 2.05) is 50.8 Å². The third-order valence-corrected chi connectivity index (χ3v) is 3.35. The van der Waals surface area contributed by atoms with Gasteiger partial charge in [0.05, 0.1) is 23.9 Å². The van der Waals surface area contributed by atoms with Gasteiger partial charge in [0, 0.05) is 31.9 Å². The molecule has 1 heterocycles. The van der Waals surface area contributed by atoms with E-state index in [-0.39, 0.29) is 6.04 Å². The summed E-state index contributed by atoms with van der Waals surface area (Å²) in [7, 11) is 3.93. The molecule has 0 saturated heterocycles. The van der Waals surface area contributed by atoms with Gasteiger partial charge in [0.2, 0.25) is 0 Å². The third-order valence-electron chi connectivity index (χ3n) is 3.35. The van der Waals surface area contributed by atoms with Crippen LogP contribution < -0.4 is 5.73 Å². The smallest absolute Gasteiger partial charge is 0.0991 e. The maximum Gasteiger partial charge on any atom is 0.0991 e. The second-order valence-corrected chi connectivity index (χ2v) is 4.93. The van der Waals surface area contributed by atoms with E-state index in [0.29, 0.717) is 12.1 Å². The van der Waals surface area contributed by atoms with Crippen LogP contribution in [0.25, 0.3) is 0 Å². The molecule has 1 unspecified atom stereocenters. The quantitative estimate of drug-likeness (QED) is 0.891. The van der Waals surface area contributed by atoms with E-state index in [0.717, 1.165) is 17.7 Å². The zero-order valence-corrected chi connectivity index (χ0v) is 11.8. The number of benzene rings is 1. The van der Waals surface area contributed by atoms with Crippen molar-refractivity contribution in [2.24, 2.45) is 12.8 Å². The predicted octanol–water partition coefficient (Wildman–Crippen LogP) is 1.42. The van der Waals surface area contributed by atoms with Gasteiger partial charge in [-0.2, -0.15) is 10.4 Å². The van der Waals surface area contributed by atoms with Gasteiger partial charge in [0.15, 0.2) is 0 Å². The van der Waals surface area contributed by atoms with Crippen molar-refractivity contribution in [3.8, 4) is 6.07 Å². The fourth-order valence-electron chi connectivity index (χ4n) is 2.32. The van der Waals surface area contributed by atoms with Crippen molar-refractivity contribution in [3.63, 3.8) is 0 Å². The Morgan fingerprint density at radius 1 is 1.50 bits per heavy atom. The molecule has 104 valence electrons. The fraction of sp³-hybridized carbons (Fsp3) is 0.333. The molecule has 0 saturated carbocycles. The molecule has 2 rings (SSSR count). The Balaban J connectivity index is 2.13. The number of nitriles is 1. The second kappa shape index (κ2) is 6.33. The van der Waals surface area contributed by atoms with Crippen LogP contribution in [0.15, 0.2) is 36.7 Å². The van der Waals surface area contributed by atoms with Gasteiger partial charge in [-0.1, -0.05) is 12.1 Å². The zero-order valence-electron chi connectivity index (χ0n) is 11.8. The molecule has 0 aliphatic carbocycles. The van der Waals surface area contributed by atoms with Crippen LogP contribution in [0.1, 0.15) is 22.7 Å². The Labute approximate surface area is 119 Å². The average molecular weight is 269 g/mol. The first-order valence-electron chi connectivity index (χ1n) is 6.52. The second-order valence-electron chi connectivity index (χ2n) is 4.93. The summed E-state index contributed by atoms with van der Waals surface area (Å²) >= 11 is 0. The summed E-state index contributed by atoms with van der Waals surface area (Å²) in [6.07, 6.45) is 3.83. The highest BCUT2D eigenvalue weighted by molar-refractivity contribution is 5.32. The lowest BCUT2D eigenvalue weighted by atomic mass is 10.1. The van der Waals surface area contributed by atoms with E-state index in [4.69, 9.17) is 11.0 Å². The molecule has 2 aromatic rings. The molecule has 1 aromatic carbocycles. The Morgan fingerprint density at radius 3 is 2.90 bits per heavy atom. The molecule has 20 heavy (non-hydrogen) atoms. The highest BCUT2D eigenvalue weighted by Gasteiger charge is 2.17. The van der Waals surface area contributed by atoms with Crippen LogP contribution in [0, 0.1) is 11.3 Å². The van der Waals surface area contributed by atoms with Crippen molar-refractivity contribution in [1.82, 2.24) is 14.7 Å². The number of rotatable bonds is 5. The van der Waals surface area contributed by atoms with Crippen molar-refractivity contribution in [2.75, 3.05) is 13.6 Å². The fourth-order valence-corrected chi connectivity index (χ4v) is 2.32. The first-order valence-corrected chi connectivity index (χ1v) is 6.52. The Hall–Kier alpha value is -2.16. The number of nitrogens with zero attached hydrogens (tertiary/aromatic N) is 4. The highest BCUT2D eigenvalue weighted by Crippen LogP contribution is 2.19. The molecular formula is C15H19N5. The van der Waals surface area contributed by atoms with Crippen molar-refractivity contribution < 1.29 is 0 Å². The van der Waals surface area contributed by atoms with E-state index in [9.17, 15) is 0 Å². The van der Waals surface area contributed by atoms with E-state index < -0.39 is 0 Å². The number of hydrogen-bond acceptors (Lipinski definition) is 4. The largest absolute Gasteiger partial charge is 0.329 e. The summed E-state index contributed by atoms with van der Waals surface area (Å²) in [5, 5.41) is 13.1. The molecule has 1 aromatic heterocycles. The number of hydrogen-bond donors (Lipinski definition) is 1. The standard InChI is InChI=1S/C15H19N5/c1-19(10-13-5-3-4-12(6-13)7-16)15(8-17)14-9-18-20(2)11-14/h3-6,9,11,15H,8,10,17H2,1-2H3. The lowest BCUT2D eigenvalue weighted by Crippen LogP contribution is -2.30. The van der Waals surface area contributed by atoms with Gasteiger partial charge in [0.1, 0.15) is 0 Å². The van der Waals surface area contributed by atoms with Gasteiger partial charge in [0.25, 0.3) is 0 Å². The van der Waals surface area contributed by atoms with Crippen LogP contribution in [-0.4, -0.2) is 28.3 Å². The van der Waals surface area contributed by atoms with Crippen molar-refractivity contribution >= 4 is 0 Å². The molecule has 0 aliphatic heterocycles. The lowest BCUT2D eigenvalue weighted by molar-refractivity contribution is 0.241. The van der Waals surface area contributed by atoms with Crippen LogP contribution >= 0.6 is 0 Å². The molecule has 5 nitrogen and oxygen atoms in total. The minimum atomic E-state index is 0.120. The molecule has 0 amide bonds. The molecular weight excluding hydrogens is 250 g/mol. The monoisotopic (exact) mass is 269 g/mol. The predicted molar refractivity (Wildman–Crippen MR) is 77.6 cm³/mol. The number of nitrogens with two attached hydrogens (primary N) is 1. The number of aromatic nitrogens is 2. The summed E-state index contributed by atoms with van der Waals surface area (Å²) in [6, 6.07) is 9.93. The molecule has 5 heteroatoms. The molecule has 0 fully saturated rings. The molecule has 0 aliphatic rings. The Morgan fingerprint density at radius 2 is 2.30 bits per heavy atom. The molecule has 0 bridgehead atoms. The van der Waals surface area contributed by atoms with Gasteiger partial charge >= 0.3 is 0 Å². The van der Waals surface area contributed by atoms with E-state index >= 15 is 0 Å². The van der Waals surface area contributed by atoms with E-state index in [1.54, 1.807) is 4.68 Å². The maximum atomic E-state index is 8.94. The Bertz CT molecular complexity index is 611. The van der Waals surface area contributed by atoms with Gasteiger partial charge in [-0.05, 0) is 24.7 Å². The van der Waals surface area contributed by atoms with E-state index in [2.05, 4.69) is 16.1 Å². The third kappa shape index (κ3) is 3.23. The van der Waals surface area contributed by atoms with Crippen LogP contribution in [0.4, 0.5) is 0 Å². The highest BCUT2D eigenvalue weighted by atomic mass is 15.2. The van der Waals surface area contributed by atoms with Crippen molar-refractivity contribution in [1.29, 1.82) is 5.26 Å². The first-order chi connectivity index (χ1) is 9.63. The Kier molecular flexibility index (Phi) is 4.51. The maximum absolute atomic E-state index is 8.94. The minimum absolute atomic E-state index is 0.120. The lowest BCUT2D eigenvalue weighted by Gasteiger charge is -2.26. The first kappa shape index (κ1) is 14.3. The van der Waals surface area contributed by atoms with Gasteiger partial charge in [-0.25, -0.2) is 0 Å². The van der Waals surface area contributed by atoms with Crippen molar-refractivity contribution in [2.45, 2.75) is 12.6 Å². The van der Waals surface area contributed by atoms with Gasteiger partial charge in [-0.15, -0.1) is 0 Å². The molecule has 2 N–H and O–H groups in total. The summed E-state index contributed by atoms with van der Waals surface area (Å²) in [6.45, 7) is 1.27. The topological polar surface area (TPSA) is 70.9 Å². The SMILES string of the molecule is CN(Cc1cccc(C#N)c1)C(CN)c1cnn(C)c1. The summed E-state index contributed by atoms with van der Waals surface area (Å²) in [5.41, 5.74) is 8.79. The van der Waals surface area contributed by atoms with Crippen LogP contribution in [0.5, 0.6) is 0 Å². The summed E-state index contributed by atoms with van der Waals surface area (Å²) in [4.78, 5) is 2.17. The number of aryl methyl sites for hydroxylation is 1. The van der Waals surface area contributed by atoms with Crippen LogP contribution in [0.3, 0.4) is 0 Å². The van der Waals surface area contributed by atoms with Crippen molar-refractivity contribution in [3.05, 3.63) is 53.3 Å².